The Morgan fingerprint density at radius 3 is 2.46 bits per heavy atom. The number of amides is 1. The Kier molecular flexibility index (Phi) is 3.91. The van der Waals surface area contributed by atoms with Gasteiger partial charge in [-0.2, -0.15) is 0 Å². The summed E-state index contributed by atoms with van der Waals surface area (Å²) < 4.78 is 1.18. The zero-order valence-corrected chi connectivity index (χ0v) is 13.8. The van der Waals surface area contributed by atoms with Gasteiger partial charge < -0.3 is 5.32 Å². The Morgan fingerprint density at radius 1 is 1.21 bits per heavy atom. The van der Waals surface area contributed by atoms with Gasteiger partial charge in [0.15, 0.2) is 0 Å². The Labute approximate surface area is 139 Å². The molecule has 2 N–H and O–H groups in total. The first-order valence-electron chi connectivity index (χ1n) is 7.96. The van der Waals surface area contributed by atoms with Crippen LogP contribution in [0.15, 0.2) is 52.2 Å². The maximum atomic E-state index is 12.2. The van der Waals surface area contributed by atoms with Crippen molar-refractivity contribution in [3.05, 3.63) is 69.0 Å². The van der Waals surface area contributed by atoms with Crippen LogP contribution in [0, 0.1) is 5.41 Å². The molecular weight excluding hydrogens is 306 g/mol. The first-order valence-corrected chi connectivity index (χ1v) is 7.96. The van der Waals surface area contributed by atoms with Crippen molar-refractivity contribution in [2.45, 2.75) is 32.2 Å². The topological polar surface area (TPSA) is 84.0 Å². The summed E-state index contributed by atoms with van der Waals surface area (Å²) in [6, 6.07) is 11.4. The predicted octanol–water partition coefficient (Wildman–Crippen LogP) is 1.02. The van der Waals surface area contributed by atoms with Gasteiger partial charge in [0.25, 0.3) is 5.56 Å². The quantitative estimate of drug-likeness (QED) is 0.860. The molecule has 0 bridgehead atoms. The van der Waals surface area contributed by atoms with Crippen LogP contribution in [-0.4, -0.2) is 22.0 Å². The van der Waals surface area contributed by atoms with Crippen molar-refractivity contribution < 1.29 is 4.79 Å². The largest absolute Gasteiger partial charge is 0.354 e. The molecule has 1 aliphatic rings. The van der Waals surface area contributed by atoms with E-state index in [1.165, 1.54) is 22.4 Å². The maximum absolute atomic E-state index is 12.2. The van der Waals surface area contributed by atoms with E-state index < -0.39 is 11.2 Å². The van der Waals surface area contributed by atoms with Crippen LogP contribution in [0.4, 0.5) is 0 Å². The van der Waals surface area contributed by atoms with Crippen LogP contribution in [0.3, 0.4) is 0 Å². The second-order valence-corrected chi connectivity index (χ2v) is 7.02. The van der Waals surface area contributed by atoms with Crippen molar-refractivity contribution in [3.63, 3.8) is 0 Å². The third-order valence-corrected chi connectivity index (χ3v) is 5.04. The van der Waals surface area contributed by atoms with E-state index in [9.17, 15) is 14.4 Å². The molecule has 3 rings (SSSR count). The lowest BCUT2D eigenvalue weighted by atomic mass is 9.88. The molecule has 0 spiro atoms. The Bertz CT molecular complexity index is 867. The van der Waals surface area contributed by atoms with E-state index in [0.717, 1.165) is 6.42 Å². The molecule has 1 aliphatic carbocycles. The van der Waals surface area contributed by atoms with Crippen LogP contribution in [0.25, 0.3) is 0 Å². The number of H-pyrrole nitrogens is 1. The van der Waals surface area contributed by atoms with Crippen LogP contribution in [-0.2, 0) is 16.8 Å². The van der Waals surface area contributed by atoms with Gasteiger partial charge in [0.05, 0.1) is 0 Å². The third kappa shape index (κ3) is 2.91. The summed E-state index contributed by atoms with van der Waals surface area (Å²) in [5, 5.41) is 2.94. The van der Waals surface area contributed by atoms with E-state index in [-0.39, 0.29) is 23.3 Å². The average Bonchev–Trinajstić information content (AvgIpc) is 3.12. The Morgan fingerprint density at radius 2 is 1.88 bits per heavy atom. The second kappa shape index (κ2) is 5.78. The number of hydrogen-bond acceptors (Lipinski definition) is 3. The standard InChI is InChI=1S/C18H21N3O3/c1-17(2)11-18(17,13-6-4-3-5-7-13)12-19-15(23)10-21-9-8-14(22)20-16(21)24/h3-9H,10-12H2,1-2H3,(H,19,23)(H,20,22,24). The molecule has 1 atom stereocenters. The highest BCUT2D eigenvalue weighted by molar-refractivity contribution is 5.76. The van der Waals surface area contributed by atoms with Gasteiger partial charge >= 0.3 is 5.69 Å². The molecule has 1 amide bonds. The first-order chi connectivity index (χ1) is 11.3. The Hall–Kier alpha value is -2.63. The molecule has 6 heteroatoms. The van der Waals surface area contributed by atoms with E-state index in [1.54, 1.807) is 0 Å². The van der Waals surface area contributed by atoms with Crippen LogP contribution < -0.4 is 16.6 Å². The number of nitrogens with zero attached hydrogens (tertiary/aromatic N) is 1. The lowest BCUT2D eigenvalue weighted by Gasteiger charge is -2.22. The van der Waals surface area contributed by atoms with E-state index in [4.69, 9.17) is 0 Å². The van der Waals surface area contributed by atoms with E-state index in [2.05, 4.69) is 36.3 Å². The summed E-state index contributed by atoms with van der Waals surface area (Å²) in [5.74, 6) is -0.248. The minimum absolute atomic E-state index is 0.0696. The van der Waals surface area contributed by atoms with Crippen molar-refractivity contribution in [2.24, 2.45) is 5.41 Å². The third-order valence-electron chi connectivity index (χ3n) is 5.04. The van der Waals surface area contributed by atoms with Crippen molar-refractivity contribution in [1.82, 2.24) is 14.9 Å². The normalized spacial score (nSPS) is 21.2. The molecule has 1 saturated carbocycles. The molecule has 1 fully saturated rings. The number of nitrogens with one attached hydrogen (secondary N) is 2. The molecular formula is C18H21N3O3. The lowest BCUT2D eigenvalue weighted by molar-refractivity contribution is -0.121. The highest BCUT2D eigenvalue weighted by Crippen LogP contribution is 2.63. The zero-order valence-electron chi connectivity index (χ0n) is 13.8. The molecule has 1 heterocycles. The summed E-state index contributed by atoms with van der Waals surface area (Å²) in [6.45, 7) is 4.80. The Balaban J connectivity index is 1.69. The van der Waals surface area contributed by atoms with Crippen molar-refractivity contribution in [1.29, 1.82) is 0 Å². The van der Waals surface area contributed by atoms with Gasteiger partial charge in [-0.25, -0.2) is 4.79 Å². The fourth-order valence-corrected chi connectivity index (χ4v) is 3.39. The SMILES string of the molecule is CC1(C)CC1(CNC(=O)Cn1ccc(=O)[nH]c1=O)c1ccccc1. The van der Waals surface area contributed by atoms with Gasteiger partial charge in [0.1, 0.15) is 6.54 Å². The van der Waals surface area contributed by atoms with Gasteiger partial charge in [-0.1, -0.05) is 44.2 Å². The lowest BCUT2D eigenvalue weighted by Crippen LogP contribution is -2.39. The fourth-order valence-electron chi connectivity index (χ4n) is 3.39. The minimum atomic E-state index is -0.581. The van der Waals surface area contributed by atoms with Gasteiger partial charge in [-0.3, -0.25) is 19.1 Å². The summed E-state index contributed by atoms with van der Waals surface area (Å²) >= 11 is 0. The van der Waals surface area contributed by atoms with Crippen molar-refractivity contribution in [3.8, 4) is 0 Å². The van der Waals surface area contributed by atoms with Crippen molar-refractivity contribution in [2.75, 3.05) is 6.54 Å². The molecule has 24 heavy (non-hydrogen) atoms. The monoisotopic (exact) mass is 327 g/mol. The first kappa shape index (κ1) is 16.2. The molecule has 0 aliphatic heterocycles. The number of carbonyl (C=O) groups is 1. The predicted molar refractivity (Wildman–Crippen MR) is 90.9 cm³/mol. The highest BCUT2D eigenvalue weighted by Gasteiger charge is 2.61. The average molecular weight is 327 g/mol. The summed E-state index contributed by atoms with van der Waals surface area (Å²) in [5.41, 5.74) is 0.217. The summed E-state index contributed by atoms with van der Waals surface area (Å²) in [7, 11) is 0. The number of hydrogen-bond donors (Lipinski definition) is 2. The molecule has 1 aromatic heterocycles. The van der Waals surface area contributed by atoms with Gasteiger partial charge in [0.2, 0.25) is 5.91 Å². The number of rotatable bonds is 5. The molecule has 1 unspecified atom stereocenters. The second-order valence-electron chi connectivity index (χ2n) is 7.02. The van der Waals surface area contributed by atoms with E-state index in [0.29, 0.717) is 6.54 Å². The molecule has 2 aromatic rings. The number of aromatic nitrogens is 2. The van der Waals surface area contributed by atoms with Gasteiger partial charge in [0, 0.05) is 24.2 Å². The number of aromatic amines is 1. The van der Waals surface area contributed by atoms with Crippen molar-refractivity contribution >= 4 is 5.91 Å². The summed E-state index contributed by atoms with van der Waals surface area (Å²) in [6.07, 6.45) is 2.33. The number of benzene rings is 1. The van der Waals surface area contributed by atoms with E-state index >= 15 is 0 Å². The van der Waals surface area contributed by atoms with Crippen LogP contribution in [0.5, 0.6) is 0 Å². The van der Waals surface area contributed by atoms with Crippen LogP contribution in [0.2, 0.25) is 0 Å². The summed E-state index contributed by atoms with van der Waals surface area (Å²) in [4.78, 5) is 37.0. The van der Waals surface area contributed by atoms with Gasteiger partial charge in [-0.15, -0.1) is 0 Å². The van der Waals surface area contributed by atoms with E-state index in [1.807, 2.05) is 18.2 Å². The highest BCUT2D eigenvalue weighted by atomic mass is 16.2. The maximum Gasteiger partial charge on any atom is 0.328 e. The molecule has 1 aromatic carbocycles. The van der Waals surface area contributed by atoms with Gasteiger partial charge in [-0.05, 0) is 17.4 Å². The molecule has 6 nitrogen and oxygen atoms in total. The number of carbonyl (C=O) groups excluding carboxylic acids is 1. The molecule has 126 valence electrons. The fraction of sp³-hybridized carbons (Fsp3) is 0.389. The minimum Gasteiger partial charge on any atom is -0.354 e. The zero-order chi connectivity index (χ0) is 17.4. The van der Waals surface area contributed by atoms with Crippen LogP contribution in [0.1, 0.15) is 25.8 Å². The molecule has 0 radical (unpaired) electrons. The smallest absolute Gasteiger partial charge is 0.328 e. The molecule has 0 saturated heterocycles. The van der Waals surface area contributed by atoms with Crippen LogP contribution >= 0.6 is 0 Å².